The fraction of sp³-hybridized carbons (Fsp3) is 0.0769. The summed E-state index contributed by atoms with van der Waals surface area (Å²) in [7, 11) is -4.33. The van der Waals surface area contributed by atoms with E-state index in [2.05, 4.69) is 0 Å². The topological polar surface area (TPSA) is 94.8 Å². The van der Waals surface area contributed by atoms with Crippen LogP contribution in [0.1, 0.15) is 11.1 Å². The molecular weight excluding hydrogens is 268 g/mol. The Morgan fingerprint density at radius 2 is 1.53 bits per heavy atom. The van der Waals surface area contributed by atoms with Crippen LogP contribution in [0.25, 0.3) is 0 Å². The molecule has 0 atom stereocenters. The minimum Gasteiger partial charge on any atom is -0.508 e. The molecule has 0 unspecified atom stereocenters. The number of benzene rings is 2. The number of hydrogen-bond acceptors (Lipinski definition) is 4. The molecule has 5 nitrogen and oxygen atoms in total. The number of para-hydroxylation sites is 1. The Bertz CT molecular complexity index is 707. The van der Waals surface area contributed by atoms with Gasteiger partial charge in [0.2, 0.25) is 0 Å². The first-order chi connectivity index (χ1) is 8.88. The fourth-order valence-corrected chi connectivity index (χ4v) is 2.22. The Morgan fingerprint density at radius 3 is 2.11 bits per heavy atom. The zero-order valence-electron chi connectivity index (χ0n) is 9.81. The van der Waals surface area contributed by atoms with Crippen molar-refractivity contribution in [3.63, 3.8) is 0 Å². The van der Waals surface area contributed by atoms with Crippen LogP contribution in [0.2, 0.25) is 0 Å². The normalized spacial score (nSPS) is 11.4. The lowest BCUT2D eigenvalue weighted by molar-refractivity contribution is 0.458. The van der Waals surface area contributed by atoms with E-state index in [1.165, 1.54) is 18.2 Å². The van der Waals surface area contributed by atoms with Crippen molar-refractivity contribution in [1.82, 2.24) is 0 Å². The number of aromatic hydroxyl groups is 2. The van der Waals surface area contributed by atoms with Gasteiger partial charge in [0.05, 0.1) is 4.90 Å². The predicted molar refractivity (Wildman–Crippen MR) is 68.8 cm³/mol. The third-order valence-corrected chi connectivity index (χ3v) is 3.58. The van der Waals surface area contributed by atoms with Crippen LogP contribution in [0.15, 0.2) is 47.4 Å². The van der Waals surface area contributed by atoms with E-state index in [-0.39, 0.29) is 22.8 Å². The van der Waals surface area contributed by atoms with Gasteiger partial charge in [-0.25, -0.2) is 0 Å². The monoisotopic (exact) mass is 280 g/mol. The summed E-state index contributed by atoms with van der Waals surface area (Å²) in [5.74, 6) is -0.154. The lowest BCUT2D eigenvalue weighted by Gasteiger charge is -2.07. The van der Waals surface area contributed by atoms with Gasteiger partial charge in [0.1, 0.15) is 11.5 Å². The summed E-state index contributed by atoms with van der Waals surface area (Å²) in [4.78, 5) is -0.369. The van der Waals surface area contributed by atoms with E-state index in [9.17, 15) is 18.6 Å². The van der Waals surface area contributed by atoms with Crippen molar-refractivity contribution >= 4 is 10.1 Å². The highest BCUT2D eigenvalue weighted by atomic mass is 32.2. The van der Waals surface area contributed by atoms with E-state index in [1.807, 2.05) is 0 Å². The molecule has 100 valence electrons. The molecule has 0 radical (unpaired) electrons. The van der Waals surface area contributed by atoms with Gasteiger partial charge in [-0.1, -0.05) is 24.3 Å². The number of phenols is 2. The maximum atomic E-state index is 10.9. The first kappa shape index (κ1) is 13.4. The first-order valence-electron chi connectivity index (χ1n) is 5.44. The molecular formula is C13H12O5S. The molecule has 0 amide bonds. The van der Waals surface area contributed by atoms with E-state index in [1.54, 1.807) is 18.2 Å². The van der Waals surface area contributed by atoms with Gasteiger partial charge in [0, 0.05) is 12.5 Å². The van der Waals surface area contributed by atoms with E-state index >= 15 is 0 Å². The molecule has 6 heteroatoms. The van der Waals surface area contributed by atoms with Crippen LogP contribution < -0.4 is 0 Å². The van der Waals surface area contributed by atoms with Crippen molar-refractivity contribution in [3.05, 3.63) is 53.6 Å². The second-order valence-corrected chi connectivity index (χ2v) is 5.49. The Labute approximate surface area is 110 Å². The van der Waals surface area contributed by atoms with Gasteiger partial charge in [-0.15, -0.1) is 0 Å². The molecule has 0 bridgehead atoms. The first-order valence-corrected chi connectivity index (χ1v) is 6.88. The van der Waals surface area contributed by atoms with E-state index < -0.39 is 10.1 Å². The summed E-state index contributed by atoms with van der Waals surface area (Å²) >= 11 is 0. The van der Waals surface area contributed by atoms with Crippen LogP contribution in [-0.4, -0.2) is 23.2 Å². The van der Waals surface area contributed by atoms with Crippen molar-refractivity contribution in [3.8, 4) is 11.5 Å². The molecule has 3 N–H and O–H groups in total. The van der Waals surface area contributed by atoms with Crippen molar-refractivity contribution < 1.29 is 23.2 Å². The van der Waals surface area contributed by atoms with Gasteiger partial charge in [-0.05, 0) is 23.3 Å². The SMILES string of the molecule is O=S(=O)(O)c1ccc(Cc2ccccc2O)c(O)c1. The maximum Gasteiger partial charge on any atom is 0.294 e. The molecule has 19 heavy (non-hydrogen) atoms. The van der Waals surface area contributed by atoms with Gasteiger partial charge in [0.15, 0.2) is 0 Å². The van der Waals surface area contributed by atoms with Gasteiger partial charge in [0.25, 0.3) is 10.1 Å². The molecule has 0 fully saturated rings. The molecule has 0 spiro atoms. The minimum atomic E-state index is -4.33. The summed E-state index contributed by atoms with van der Waals surface area (Å²) in [6.45, 7) is 0. The highest BCUT2D eigenvalue weighted by Crippen LogP contribution is 2.27. The van der Waals surface area contributed by atoms with Crippen LogP contribution >= 0.6 is 0 Å². The molecule has 0 aliphatic carbocycles. The Balaban J connectivity index is 2.36. The second-order valence-electron chi connectivity index (χ2n) is 4.07. The quantitative estimate of drug-likeness (QED) is 0.747. The van der Waals surface area contributed by atoms with Gasteiger partial charge in [-0.2, -0.15) is 8.42 Å². The lowest BCUT2D eigenvalue weighted by atomic mass is 10.0. The molecule has 2 aromatic carbocycles. The van der Waals surface area contributed by atoms with Crippen LogP contribution in [-0.2, 0) is 16.5 Å². The van der Waals surface area contributed by atoms with E-state index in [0.29, 0.717) is 11.1 Å². The summed E-state index contributed by atoms with van der Waals surface area (Å²) in [6.07, 6.45) is 0.254. The van der Waals surface area contributed by atoms with E-state index in [0.717, 1.165) is 6.07 Å². The van der Waals surface area contributed by atoms with Crippen LogP contribution in [0.4, 0.5) is 0 Å². The van der Waals surface area contributed by atoms with Crippen molar-refractivity contribution in [2.24, 2.45) is 0 Å². The standard InChI is InChI=1S/C13H12O5S/c14-12-4-2-1-3-9(12)7-10-5-6-11(8-13(10)15)19(16,17)18/h1-6,8,14-15H,7H2,(H,16,17,18). The number of rotatable bonds is 3. The summed E-state index contributed by atoms with van der Waals surface area (Å²) in [5, 5.41) is 19.4. The third-order valence-electron chi connectivity index (χ3n) is 2.73. The summed E-state index contributed by atoms with van der Waals surface area (Å²) in [6, 6.07) is 10.2. The molecule has 0 heterocycles. The molecule has 2 aromatic rings. The van der Waals surface area contributed by atoms with Gasteiger partial charge in [-0.3, -0.25) is 4.55 Å². The summed E-state index contributed by atoms with van der Waals surface area (Å²) in [5.41, 5.74) is 1.06. The Morgan fingerprint density at radius 1 is 0.895 bits per heavy atom. The average Bonchev–Trinajstić information content (AvgIpc) is 2.33. The van der Waals surface area contributed by atoms with Gasteiger partial charge < -0.3 is 10.2 Å². The zero-order chi connectivity index (χ0) is 14.0. The van der Waals surface area contributed by atoms with Crippen LogP contribution in [0, 0.1) is 0 Å². The lowest BCUT2D eigenvalue weighted by Crippen LogP contribution is -1.99. The highest BCUT2D eigenvalue weighted by molar-refractivity contribution is 7.85. The van der Waals surface area contributed by atoms with Crippen molar-refractivity contribution in [1.29, 1.82) is 0 Å². The molecule has 0 aromatic heterocycles. The minimum absolute atomic E-state index is 0.0979. The molecule has 2 rings (SSSR count). The molecule has 0 aliphatic rings. The highest BCUT2D eigenvalue weighted by Gasteiger charge is 2.13. The smallest absolute Gasteiger partial charge is 0.294 e. The Hall–Kier alpha value is -2.05. The van der Waals surface area contributed by atoms with E-state index in [4.69, 9.17) is 4.55 Å². The second kappa shape index (κ2) is 4.91. The third kappa shape index (κ3) is 3.04. The number of hydrogen-bond donors (Lipinski definition) is 3. The predicted octanol–water partition coefficient (Wildman–Crippen LogP) is 1.94. The van der Waals surface area contributed by atoms with Gasteiger partial charge >= 0.3 is 0 Å². The van der Waals surface area contributed by atoms with Crippen molar-refractivity contribution in [2.75, 3.05) is 0 Å². The maximum absolute atomic E-state index is 10.9. The molecule has 0 aliphatic heterocycles. The molecule has 0 saturated heterocycles. The zero-order valence-corrected chi connectivity index (χ0v) is 10.6. The van der Waals surface area contributed by atoms with Crippen LogP contribution in [0.3, 0.4) is 0 Å². The fourth-order valence-electron chi connectivity index (χ4n) is 1.72. The van der Waals surface area contributed by atoms with Crippen LogP contribution in [0.5, 0.6) is 11.5 Å². The number of phenolic OH excluding ortho intramolecular Hbond substituents is 2. The summed E-state index contributed by atoms with van der Waals surface area (Å²) < 4.78 is 30.7. The average molecular weight is 280 g/mol. The molecule has 0 saturated carbocycles. The van der Waals surface area contributed by atoms with Crippen molar-refractivity contribution in [2.45, 2.75) is 11.3 Å². The largest absolute Gasteiger partial charge is 0.508 e. The Kier molecular flexibility index (Phi) is 3.46.